The van der Waals surface area contributed by atoms with E-state index in [0.29, 0.717) is 13.0 Å². The summed E-state index contributed by atoms with van der Waals surface area (Å²) in [4.78, 5) is 22.7. The maximum Gasteiger partial charge on any atom is 0.306 e. The lowest BCUT2D eigenvalue weighted by atomic mass is 10.1. The summed E-state index contributed by atoms with van der Waals surface area (Å²) < 4.78 is 10.1. The minimum Gasteiger partial charge on any atom is -0.466 e. The van der Waals surface area contributed by atoms with Gasteiger partial charge in [-0.1, -0.05) is 25.7 Å². The first-order valence-corrected chi connectivity index (χ1v) is 8.50. The van der Waals surface area contributed by atoms with Gasteiger partial charge < -0.3 is 9.47 Å². The molecule has 5 heteroatoms. The van der Waals surface area contributed by atoms with Crippen molar-refractivity contribution in [3.8, 4) is 0 Å². The van der Waals surface area contributed by atoms with E-state index >= 15 is 0 Å². The molecule has 0 fully saturated rings. The van der Waals surface area contributed by atoms with Crippen LogP contribution in [0.5, 0.6) is 0 Å². The summed E-state index contributed by atoms with van der Waals surface area (Å²) in [7, 11) is 0. The van der Waals surface area contributed by atoms with Crippen molar-refractivity contribution in [1.29, 1.82) is 0 Å². The van der Waals surface area contributed by atoms with E-state index in [1.54, 1.807) is 0 Å². The molecule has 0 radical (unpaired) electrons. The van der Waals surface area contributed by atoms with Crippen LogP contribution < -0.4 is 0 Å². The highest BCUT2D eigenvalue weighted by Gasteiger charge is 2.08. The highest BCUT2D eigenvalue weighted by molar-refractivity contribution is 6.17. The molecule has 0 saturated heterocycles. The van der Waals surface area contributed by atoms with Gasteiger partial charge in [0.25, 0.3) is 0 Å². The number of unbranched alkanes of at least 4 members (excludes halogenated alkanes) is 5. The molecule has 0 rings (SSSR count). The smallest absolute Gasteiger partial charge is 0.306 e. The lowest BCUT2D eigenvalue weighted by molar-refractivity contribution is -0.148. The summed E-state index contributed by atoms with van der Waals surface area (Å²) in [5.74, 6) is 0.256. The lowest BCUT2D eigenvalue weighted by Gasteiger charge is -2.07. The van der Waals surface area contributed by atoms with Crippen LogP contribution in [-0.2, 0) is 19.1 Å². The Kier molecular flexibility index (Phi) is 13.7. The van der Waals surface area contributed by atoms with Gasteiger partial charge in [-0.3, -0.25) is 9.59 Å². The van der Waals surface area contributed by atoms with Crippen molar-refractivity contribution < 1.29 is 19.1 Å². The first-order chi connectivity index (χ1) is 10.1. The van der Waals surface area contributed by atoms with E-state index in [1.807, 2.05) is 13.8 Å². The second-order valence-electron chi connectivity index (χ2n) is 5.42. The van der Waals surface area contributed by atoms with Gasteiger partial charge in [-0.15, -0.1) is 11.6 Å². The highest BCUT2D eigenvalue weighted by Crippen LogP contribution is 2.07. The quantitative estimate of drug-likeness (QED) is 0.289. The number of halogens is 1. The van der Waals surface area contributed by atoms with Gasteiger partial charge >= 0.3 is 11.9 Å². The number of rotatable bonds is 13. The van der Waals surface area contributed by atoms with Crippen molar-refractivity contribution in [2.45, 2.75) is 77.7 Å². The van der Waals surface area contributed by atoms with Crippen LogP contribution in [0.25, 0.3) is 0 Å². The standard InChI is InChI=1S/C16H29ClO4/c1-14(2)21-16(19)11-9-10-15(18)20-13-8-6-4-3-5-7-12-17/h14H,3-13H2,1-2H3. The zero-order valence-electron chi connectivity index (χ0n) is 13.4. The second-order valence-corrected chi connectivity index (χ2v) is 5.80. The molecule has 0 aliphatic heterocycles. The molecule has 0 saturated carbocycles. The van der Waals surface area contributed by atoms with Gasteiger partial charge in [-0.05, 0) is 33.1 Å². The summed E-state index contributed by atoms with van der Waals surface area (Å²) in [5.41, 5.74) is 0. The van der Waals surface area contributed by atoms with Gasteiger partial charge in [0.1, 0.15) is 0 Å². The Labute approximate surface area is 133 Å². The Morgan fingerprint density at radius 2 is 1.43 bits per heavy atom. The van der Waals surface area contributed by atoms with Crippen LogP contribution in [0.2, 0.25) is 0 Å². The van der Waals surface area contributed by atoms with Crippen molar-refractivity contribution in [2.75, 3.05) is 12.5 Å². The van der Waals surface area contributed by atoms with Crippen molar-refractivity contribution in [3.05, 3.63) is 0 Å². The predicted octanol–water partition coefficient (Wildman–Crippen LogP) is 4.23. The van der Waals surface area contributed by atoms with Gasteiger partial charge in [-0.25, -0.2) is 0 Å². The van der Waals surface area contributed by atoms with Crippen LogP contribution >= 0.6 is 11.6 Å². The average molecular weight is 321 g/mol. The topological polar surface area (TPSA) is 52.6 Å². The van der Waals surface area contributed by atoms with Crippen LogP contribution in [0.3, 0.4) is 0 Å². The Balaban J connectivity index is 3.33. The van der Waals surface area contributed by atoms with E-state index in [0.717, 1.165) is 31.6 Å². The largest absolute Gasteiger partial charge is 0.466 e. The van der Waals surface area contributed by atoms with Crippen LogP contribution in [0.1, 0.15) is 71.6 Å². The summed E-state index contributed by atoms with van der Waals surface area (Å²) in [6.45, 7) is 4.09. The summed E-state index contributed by atoms with van der Waals surface area (Å²) >= 11 is 5.60. The second kappa shape index (κ2) is 14.2. The van der Waals surface area contributed by atoms with Gasteiger partial charge in [0.15, 0.2) is 0 Å². The zero-order chi connectivity index (χ0) is 15.9. The molecule has 0 aliphatic carbocycles. The molecule has 0 aromatic carbocycles. The van der Waals surface area contributed by atoms with Gasteiger partial charge in [-0.2, -0.15) is 0 Å². The first-order valence-electron chi connectivity index (χ1n) is 7.97. The average Bonchev–Trinajstić information content (AvgIpc) is 2.41. The van der Waals surface area contributed by atoms with E-state index in [2.05, 4.69) is 0 Å². The number of esters is 2. The molecule has 0 heterocycles. The van der Waals surface area contributed by atoms with Gasteiger partial charge in [0, 0.05) is 18.7 Å². The van der Waals surface area contributed by atoms with Gasteiger partial charge in [0.2, 0.25) is 0 Å². The number of ether oxygens (including phenoxy) is 2. The molecule has 0 unspecified atom stereocenters. The molecule has 0 spiro atoms. The Morgan fingerprint density at radius 3 is 2.05 bits per heavy atom. The van der Waals surface area contributed by atoms with E-state index in [9.17, 15) is 9.59 Å². The Hall–Kier alpha value is -0.770. The molecule has 0 amide bonds. The summed E-state index contributed by atoms with van der Waals surface area (Å²) in [6, 6.07) is 0. The third-order valence-electron chi connectivity index (χ3n) is 2.92. The van der Waals surface area contributed by atoms with E-state index < -0.39 is 0 Å². The molecule has 0 bridgehead atoms. The maximum absolute atomic E-state index is 11.4. The number of hydrogen-bond donors (Lipinski definition) is 0. The molecule has 0 aromatic heterocycles. The van der Waals surface area contributed by atoms with Crippen LogP contribution in [0, 0.1) is 0 Å². The Bertz CT molecular complexity index is 279. The van der Waals surface area contributed by atoms with E-state index in [1.165, 1.54) is 12.8 Å². The summed E-state index contributed by atoms with van der Waals surface area (Å²) in [6.07, 6.45) is 7.53. The molecule has 124 valence electrons. The number of carbonyl (C=O) groups excluding carboxylic acids is 2. The monoisotopic (exact) mass is 320 g/mol. The number of alkyl halides is 1. The van der Waals surface area contributed by atoms with Crippen LogP contribution in [0.15, 0.2) is 0 Å². The highest BCUT2D eigenvalue weighted by atomic mass is 35.5. The Morgan fingerprint density at radius 1 is 0.857 bits per heavy atom. The minimum absolute atomic E-state index is 0.103. The molecular weight excluding hydrogens is 292 g/mol. The number of hydrogen-bond acceptors (Lipinski definition) is 4. The van der Waals surface area contributed by atoms with Crippen molar-refractivity contribution in [3.63, 3.8) is 0 Å². The SMILES string of the molecule is CC(C)OC(=O)CCCC(=O)OCCCCCCCCCl. The molecule has 0 atom stereocenters. The third kappa shape index (κ3) is 15.4. The molecule has 0 aliphatic rings. The summed E-state index contributed by atoms with van der Waals surface area (Å²) in [5, 5.41) is 0. The molecular formula is C16H29ClO4. The van der Waals surface area contributed by atoms with Crippen molar-refractivity contribution in [1.82, 2.24) is 0 Å². The van der Waals surface area contributed by atoms with Crippen LogP contribution in [-0.4, -0.2) is 30.5 Å². The molecule has 0 N–H and O–H groups in total. The first kappa shape index (κ1) is 20.2. The maximum atomic E-state index is 11.4. The number of carbonyl (C=O) groups is 2. The fourth-order valence-electron chi connectivity index (χ4n) is 1.86. The molecule has 21 heavy (non-hydrogen) atoms. The third-order valence-corrected chi connectivity index (χ3v) is 3.19. The van der Waals surface area contributed by atoms with Gasteiger partial charge in [0.05, 0.1) is 12.7 Å². The van der Waals surface area contributed by atoms with Crippen molar-refractivity contribution in [2.24, 2.45) is 0 Å². The minimum atomic E-state index is -0.255. The van der Waals surface area contributed by atoms with Crippen LogP contribution in [0.4, 0.5) is 0 Å². The van der Waals surface area contributed by atoms with E-state index in [-0.39, 0.29) is 30.9 Å². The molecule has 4 nitrogen and oxygen atoms in total. The lowest BCUT2D eigenvalue weighted by Crippen LogP contribution is -2.12. The fourth-order valence-corrected chi connectivity index (χ4v) is 2.05. The van der Waals surface area contributed by atoms with Crippen molar-refractivity contribution >= 4 is 23.5 Å². The molecule has 0 aromatic rings. The fraction of sp³-hybridized carbons (Fsp3) is 0.875. The zero-order valence-corrected chi connectivity index (χ0v) is 14.1. The predicted molar refractivity (Wildman–Crippen MR) is 84.5 cm³/mol. The van der Waals surface area contributed by atoms with E-state index in [4.69, 9.17) is 21.1 Å². The normalized spacial score (nSPS) is 10.7.